The van der Waals surface area contributed by atoms with E-state index in [1.165, 1.54) is 0 Å². The standard InChI is InChI=1S/C16H25NO2/c1-4-16(2,3)10-11-17(13-15(18)19)12-14-8-6-5-7-9-14/h5-9H,4,10-13H2,1-3H3,(H,18,19). The Bertz CT molecular complexity index is 387. The zero-order valence-corrected chi connectivity index (χ0v) is 12.2. The molecule has 0 aliphatic rings. The van der Waals surface area contributed by atoms with Crippen LogP contribution < -0.4 is 0 Å². The molecule has 0 aliphatic carbocycles. The van der Waals surface area contributed by atoms with Crippen LogP contribution in [0.1, 0.15) is 39.2 Å². The van der Waals surface area contributed by atoms with Crippen LogP contribution in [0.4, 0.5) is 0 Å². The van der Waals surface area contributed by atoms with E-state index in [0.717, 1.165) is 24.9 Å². The molecule has 0 aromatic heterocycles. The molecule has 0 unspecified atom stereocenters. The number of carboxylic acid groups (broad SMARTS) is 1. The molecular weight excluding hydrogens is 238 g/mol. The minimum absolute atomic E-state index is 0.106. The Morgan fingerprint density at radius 2 is 1.89 bits per heavy atom. The van der Waals surface area contributed by atoms with Crippen molar-refractivity contribution in [3.63, 3.8) is 0 Å². The van der Waals surface area contributed by atoms with Crippen LogP contribution in [0.3, 0.4) is 0 Å². The Hall–Kier alpha value is -1.35. The maximum atomic E-state index is 11.0. The predicted molar refractivity (Wildman–Crippen MR) is 78.0 cm³/mol. The summed E-state index contributed by atoms with van der Waals surface area (Å²) in [7, 11) is 0. The lowest BCUT2D eigenvalue weighted by atomic mass is 9.86. The van der Waals surface area contributed by atoms with Crippen molar-refractivity contribution >= 4 is 5.97 Å². The van der Waals surface area contributed by atoms with Crippen molar-refractivity contribution in [3.05, 3.63) is 35.9 Å². The topological polar surface area (TPSA) is 40.5 Å². The van der Waals surface area contributed by atoms with Crippen LogP contribution in [0.5, 0.6) is 0 Å². The molecule has 1 N–H and O–H groups in total. The molecule has 1 rings (SSSR count). The monoisotopic (exact) mass is 263 g/mol. The normalized spacial score (nSPS) is 11.8. The van der Waals surface area contributed by atoms with Gasteiger partial charge >= 0.3 is 5.97 Å². The van der Waals surface area contributed by atoms with E-state index >= 15 is 0 Å². The first-order valence-electron chi connectivity index (χ1n) is 6.91. The summed E-state index contributed by atoms with van der Waals surface area (Å²) in [4.78, 5) is 13.0. The summed E-state index contributed by atoms with van der Waals surface area (Å²) in [6.45, 7) is 8.27. The van der Waals surface area contributed by atoms with E-state index in [1.54, 1.807) is 0 Å². The lowest BCUT2D eigenvalue weighted by molar-refractivity contribution is -0.138. The summed E-state index contributed by atoms with van der Waals surface area (Å²) in [6.07, 6.45) is 2.13. The van der Waals surface area contributed by atoms with Crippen molar-refractivity contribution in [1.82, 2.24) is 4.90 Å². The maximum Gasteiger partial charge on any atom is 0.317 e. The molecule has 3 nitrogen and oxygen atoms in total. The lowest BCUT2D eigenvalue weighted by Gasteiger charge is -2.27. The summed E-state index contributed by atoms with van der Waals surface area (Å²) in [6, 6.07) is 10.0. The van der Waals surface area contributed by atoms with Gasteiger partial charge in [0.15, 0.2) is 0 Å². The number of hydrogen-bond acceptors (Lipinski definition) is 2. The van der Waals surface area contributed by atoms with Crippen LogP contribution in [-0.4, -0.2) is 29.1 Å². The summed E-state index contributed by atoms with van der Waals surface area (Å²) in [5.41, 5.74) is 1.44. The SMILES string of the molecule is CCC(C)(C)CCN(CC(=O)O)Cc1ccccc1. The molecule has 1 aromatic rings. The summed E-state index contributed by atoms with van der Waals surface area (Å²) < 4.78 is 0. The molecule has 0 saturated carbocycles. The fourth-order valence-electron chi connectivity index (χ4n) is 1.88. The van der Waals surface area contributed by atoms with E-state index in [4.69, 9.17) is 5.11 Å². The fourth-order valence-corrected chi connectivity index (χ4v) is 1.88. The van der Waals surface area contributed by atoms with Gasteiger partial charge in [0.1, 0.15) is 0 Å². The van der Waals surface area contributed by atoms with Crippen LogP contribution in [0.15, 0.2) is 30.3 Å². The predicted octanol–water partition coefficient (Wildman–Crippen LogP) is 3.40. The van der Waals surface area contributed by atoms with Crippen LogP contribution in [-0.2, 0) is 11.3 Å². The van der Waals surface area contributed by atoms with E-state index in [1.807, 2.05) is 35.2 Å². The van der Waals surface area contributed by atoms with Gasteiger partial charge in [0, 0.05) is 6.54 Å². The Morgan fingerprint density at radius 3 is 2.42 bits per heavy atom. The Balaban J connectivity index is 2.59. The molecular formula is C16H25NO2. The molecule has 1 aromatic carbocycles. The molecule has 0 spiro atoms. The van der Waals surface area contributed by atoms with Gasteiger partial charge < -0.3 is 5.11 Å². The average molecular weight is 263 g/mol. The second kappa shape index (κ2) is 7.29. The lowest BCUT2D eigenvalue weighted by Crippen LogP contribution is -2.32. The second-order valence-corrected chi connectivity index (χ2v) is 5.86. The molecule has 0 fully saturated rings. The van der Waals surface area contributed by atoms with Gasteiger partial charge in [-0.3, -0.25) is 9.69 Å². The Kier molecular flexibility index (Phi) is 6.03. The first-order chi connectivity index (χ1) is 8.93. The van der Waals surface area contributed by atoms with E-state index in [0.29, 0.717) is 6.54 Å². The van der Waals surface area contributed by atoms with E-state index in [2.05, 4.69) is 20.8 Å². The molecule has 0 saturated heterocycles. The third-order valence-electron chi connectivity index (χ3n) is 3.67. The first-order valence-corrected chi connectivity index (χ1v) is 6.91. The van der Waals surface area contributed by atoms with Crippen LogP contribution in [0, 0.1) is 5.41 Å². The van der Waals surface area contributed by atoms with Gasteiger partial charge in [0.25, 0.3) is 0 Å². The largest absolute Gasteiger partial charge is 0.480 e. The number of nitrogens with zero attached hydrogens (tertiary/aromatic N) is 1. The smallest absolute Gasteiger partial charge is 0.317 e. The summed E-state index contributed by atoms with van der Waals surface area (Å²) in [5, 5.41) is 9.01. The first kappa shape index (κ1) is 15.7. The van der Waals surface area contributed by atoms with Gasteiger partial charge in [-0.1, -0.05) is 57.5 Å². The second-order valence-electron chi connectivity index (χ2n) is 5.86. The van der Waals surface area contributed by atoms with Crippen LogP contribution in [0.2, 0.25) is 0 Å². The van der Waals surface area contributed by atoms with Gasteiger partial charge in [0.2, 0.25) is 0 Å². The van der Waals surface area contributed by atoms with Gasteiger partial charge in [-0.2, -0.15) is 0 Å². The molecule has 0 heterocycles. The third kappa shape index (κ3) is 6.39. The number of carboxylic acids is 1. The number of aliphatic carboxylic acids is 1. The van der Waals surface area contributed by atoms with Crippen molar-refractivity contribution < 1.29 is 9.90 Å². The molecule has 0 atom stereocenters. The highest BCUT2D eigenvalue weighted by atomic mass is 16.4. The van der Waals surface area contributed by atoms with E-state index in [9.17, 15) is 4.79 Å². The highest BCUT2D eigenvalue weighted by Gasteiger charge is 2.18. The number of benzene rings is 1. The fraction of sp³-hybridized carbons (Fsp3) is 0.562. The molecule has 0 aliphatic heterocycles. The molecule has 0 bridgehead atoms. The Morgan fingerprint density at radius 1 is 1.26 bits per heavy atom. The van der Waals surface area contributed by atoms with Crippen molar-refractivity contribution in [2.45, 2.75) is 40.2 Å². The number of carbonyl (C=O) groups is 1. The average Bonchev–Trinajstić information content (AvgIpc) is 2.37. The van der Waals surface area contributed by atoms with E-state index < -0.39 is 5.97 Å². The van der Waals surface area contributed by atoms with Gasteiger partial charge in [-0.05, 0) is 23.9 Å². The number of rotatable bonds is 8. The molecule has 3 heteroatoms. The van der Waals surface area contributed by atoms with Crippen molar-refractivity contribution in [1.29, 1.82) is 0 Å². The van der Waals surface area contributed by atoms with Crippen molar-refractivity contribution in [2.24, 2.45) is 5.41 Å². The minimum Gasteiger partial charge on any atom is -0.480 e. The minimum atomic E-state index is -0.759. The van der Waals surface area contributed by atoms with Gasteiger partial charge in [0.05, 0.1) is 6.54 Å². The van der Waals surface area contributed by atoms with Crippen LogP contribution in [0.25, 0.3) is 0 Å². The summed E-state index contributed by atoms with van der Waals surface area (Å²) in [5.74, 6) is -0.759. The number of hydrogen-bond donors (Lipinski definition) is 1. The maximum absolute atomic E-state index is 11.0. The molecule has 0 amide bonds. The molecule has 0 radical (unpaired) electrons. The third-order valence-corrected chi connectivity index (χ3v) is 3.67. The highest BCUT2D eigenvalue weighted by molar-refractivity contribution is 5.69. The van der Waals surface area contributed by atoms with E-state index in [-0.39, 0.29) is 12.0 Å². The van der Waals surface area contributed by atoms with Crippen LogP contribution >= 0.6 is 0 Å². The molecule has 19 heavy (non-hydrogen) atoms. The summed E-state index contributed by atoms with van der Waals surface area (Å²) >= 11 is 0. The molecule has 106 valence electrons. The quantitative estimate of drug-likeness (QED) is 0.781. The zero-order valence-electron chi connectivity index (χ0n) is 12.2. The van der Waals surface area contributed by atoms with Crippen molar-refractivity contribution in [2.75, 3.05) is 13.1 Å². The highest BCUT2D eigenvalue weighted by Crippen LogP contribution is 2.24. The van der Waals surface area contributed by atoms with Gasteiger partial charge in [-0.25, -0.2) is 0 Å². The zero-order chi connectivity index (χ0) is 14.3. The van der Waals surface area contributed by atoms with Crippen molar-refractivity contribution in [3.8, 4) is 0 Å². The van der Waals surface area contributed by atoms with Gasteiger partial charge in [-0.15, -0.1) is 0 Å². The Labute approximate surface area is 116 Å².